The Bertz CT molecular complexity index is 1440. The predicted molar refractivity (Wildman–Crippen MR) is 125 cm³/mol. The van der Waals surface area contributed by atoms with Crippen LogP contribution in [0.25, 0.3) is 6.08 Å². The van der Waals surface area contributed by atoms with E-state index in [4.69, 9.17) is 4.18 Å². The molecule has 0 aliphatic heterocycles. The van der Waals surface area contributed by atoms with Crippen LogP contribution in [0, 0.1) is 35.3 Å². The van der Waals surface area contributed by atoms with Gasteiger partial charge in [0.2, 0.25) is 0 Å². The molecule has 34 heavy (non-hydrogen) atoms. The van der Waals surface area contributed by atoms with Crippen LogP contribution in [-0.2, 0) is 14.9 Å². The summed E-state index contributed by atoms with van der Waals surface area (Å²) in [7, 11) is -4.08. The molecule has 0 atom stereocenters. The third kappa shape index (κ3) is 5.85. The van der Waals surface area contributed by atoms with Gasteiger partial charge < -0.3 is 9.50 Å². The second-order valence-corrected chi connectivity index (χ2v) is 8.87. The fourth-order valence-corrected chi connectivity index (χ4v) is 3.86. The number of anilines is 1. The third-order valence-electron chi connectivity index (χ3n) is 4.65. The van der Waals surface area contributed by atoms with E-state index < -0.39 is 20.9 Å². The molecule has 3 aromatic rings. The Morgan fingerprint density at radius 1 is 1.06 bits per heavy atom. The molecule has 0 unspecified atom stereocenters. The molecule has 0 bridgehead atoms. The number of nitro benzene ring substituents is 1. The number of benzene rings is 3. The summed E-state index contributed by atoms with van der Waals surface area (Å²) in [5, 5.41) is 23.1. The number of hydrogen-bond donors (Lipinski definition) is 1. The average molecular weight is 477 g/mol. The van der Waals surface area contributed by atoms with Crippen LogP contribution in [0.5, 0.6) is 5.75 Å². The first-order valence-electron chi connectivity index (χ1n) is 9.88. The van der Waals surface area contributed by atoms with Gasteiger partial charge in [0.05, 0.1) is 4.92 Å². The van der Waals surface area contributed by atoms with E-state index in [1.54, 1.807) is 37.3 Å². The molecular weight excluding hydrogens is 458 g/mol. The Morgan fingerprint density at radius 2 is 1.74 bits per heavy atom. The normalized spacial score (nSPS) is 11.4. The van der Waals surface area contributed by atoms with E-state index in [1.165, 1.54) is 48.5 Å². The number of rotatable bonds is 7. The van der Waals surface area contributed by atoms with Gasteiger partial charge >= 0.3 is 10.1 Å². The van der Waals surface area contributed by atoms with Gasteiger partial charge in [0, 0.05) is 6.07 Å². The summed E-state index contributed by atoms with van der Waals surface area (Å²) in [6.07, 6.45) is 1.22. The highest BCUT2D eigenvalue weighted by Crippen LogP contribution is 2.26. The monoisotopic (exact) mass is 477 g/mol. The van der Waals surface area contributed by atoms with Crippen molar-refractivity contribution in [2.45, 2.75) is 18.7 Å². The maximum absolute atomic E-state index is 12.6. The number of amides is 1. The summed E-state index contributed by atoms with van der Waals surface area (Å²) >= 11 is 0. The minimum absolute atomic E-state index is 0.0128. The molecule has 0 aliphatic carbocycles. The summed E-state index contributed by atoms with van der Waals surface area (Å²) in [6, 6.07) is 18.0. The molecule has 1 N–H and O–H groups in total. The Morgan fingerprint density at radius 3 is 2.38 bits per heavy atom. The van der Waals surface area contributed by atoms with Crippen LogP contribution in [0.1, 0.15) is 16.7 Å². The first kappa shape index (κ1) is 24.2. The largest absolute Gasteiger partial charge is 0.379 e. The van der Waals surface area contributed by atoms with Crippen molar-refractivity contribution in [3.8, 4) is 11.8 Å². The molecule has 0 fully saturated rings. The van der Waals surface area contributed by atoms with Crippen LogP contribution in [0.15, 0.2) is 77.2 Å². The minimum atomic E-state index is -4.08. The van der Waals surface area contributed by atoms with E-state index >= 15 is 0 Å². The first-order valence-corrected chi connectivity index (χ1v) is 11.3. The highest BCUT2D eigenvalue weighted by atomic mass is 32.2. The molecule has 10 heteroatoms. The SMILES string of the molecule is Cc1ccc(S(=O)(=O)Oc2cccc(/C=C(\C#N)C(=O)Nc3ccc(C)cc3[N+](=O)[O-])c2)cc1. The molecule has 3 rings (SSSR count). The average Bonchev–Trinajstić information content (AvgIpc) is 2.78. The highest BCUT2D eigenvalue weighted by Gasteiger charge is 2.19. The third-order valence-corrected chi connectivity index (χ3v) is 5.91. The summed E-state index contributed by atoms with van der Waals surface area (Å²) in [5.74, 6) is -0.866. The molecule has 0 aliphatic rings. The van der Waals surface area contributed by atoms with Gasteiger partial charge in [-0.1, -0.05) is 35.9 Å². The van der Waals surface area contributed by atoms with Gasteiger partial charge in [0.25, 0.3) is 11.6 Å². The van der Waals surface area contributed by atoms with Crippen molar-refractivity contribution in [3.05, 3.63) is 99.1 Å². The minimum Gasteiger partial charge on any atom is -0.379 e. The molecular formula is C24H19N3O6S. The van der Waals surface area contributed by atoms with E-state index in [2.05, 4.69) is 5.32 Å². The predicted octanol–water partition coefficient (Wildman–Crippen LogP) is 4.53. The molecule has 0 saturated heterocycles. The van der Waals surface area contributed by atoms with Crippen LogP contribution in [0.3, 0.4) is 0 Å². The van der Waals surface area contributed by atoms with E-state index in [1.807, 2.05) is 6.92 Å². The number of hydrogen-bond acceptors (Lipinski definition) is 7. The van der Waals surface area contributed by atoms with E-state index in [0.29, 0.717) is 11.1 Å². The number of carbonyl (C=O) groups excluding carboxylic acids is 1. The smallest absolute Gasteiger partial charge is 0.339 e. The number of aryl methyl sites for hydroxylation is 2. The lowest BCUT2D eigenvalue weighted by Gasteiger charge is -2.08. The summed E-state index contributed by atoms with van der Waals surface area (Å²) < 4.78 is 30.2. The van der Waals surface area contributed by atoms with E-state index in [0.717, 1.165) is 5.56 Å². The van der Waals surface area contributed by atoms with Gasteiger partial charge in [-0.25, -0.2) is 0 Å². The van der Waals surface area contributed by atoms with Gasteiger partial charge in [0.1, 0.15) is 28.0 Å². The molecule has 3 aromatic carbocycles. The number of nitriles is 1. The molecule has 0 spiro atoms. The topological polar surface area (TPSA) is 139 Å². The first-order chi connectivity index (χ1) is 16.1. The summed E-state index contributed by atoms with van der Waals surface area (Å²) in [5.41, 5.74) is 1.16. The molecule has 172 valence electrons. The Kier molecular flexibility index (Phi) is 7.09. The molecule has 0 heterocycles. The van der Waals surface area contributed by atoms with Crippen molar-refractivity contribution < 1.29 is 22.3 Å². The Hall–Kier alpha value is -4.49. The van der Waals surface area contributed by atoms with Crippen LogP contribution in [-0.4, -0.2) is 19.2 Å². The van der Waals surface area contributed by atoms with Gasteiger partial charge in [-0.15, -0.1) is 0 Å². The molecule has 0 saturated carbocycles. The Balaban J connectivity index is 1.84. The summed E-state index contributed by atoms with van der Waals surface area (Å²) in [6.45, 7) is 3.50. The zero-order chi connectivity index (χ0) is 24.9. The van der Waals surface area contributed by atoms with Crippen molar-refractivity contribution in [3.63, 3.8) is 0 Å². The molecule has 9 nitrogen and oxygen atoms in total. The lowest BCUT2D eigenvalue weighted by atomic mass is 10.1. The maximum atomic E-state index is 12.6. The lowest BCUT2D eigenvalue weighted by molar-refractivity contribution is -0.384. The van der Waals surface area contributed by atoms with Gasteiger partial charge in [-0.3, -0.25) is 14.9 Å². The van der Waals surface area contributed by atoms with Crippen LogP contribution >= 0.6 is 0 Å². The number of nitrogens with zero attached hydrogens (tertiary/aromatic N) is 2. The zero-order valence-electron chi connectivity index (χ0n) is 18.2. The van der Waals surface area contributed by atoms with Gasteiger partial charge in [-0.2, -0.15) is 13.7 Å². The quantitative estimate of drug-likeness (QED) is 0.173. The van der Waals surface area contributed by atoms with E-state index in [9.17, 15) is 28.6 Å². The maximum Gasteiger partial charge on any atom is 0.339 e. The van der Waals surface area contributed by atoms with Crippen molar-refractivity contribution >= 4 is 33.5 Å². The zero-order valence-corrected chi connectivity index (χ0v) is 19.0. The molecule has 1 amide bonds. The molecule has 0 aromatic heterocycles. The van der Waals surface area contributed by atoms with Crippen LogP contribution < -0.4 is 9.50 Å². The number of carbonyl (C=O) groups is 1. The number of nitro groups is 1. The van der Waals surface area contributed by atoms with Gasteiger partial charge in [-0.05, 0) is 61.4 Å². The fourth-order valence-electron chi connectivity index (χ4n) is 2.94. The lowest BCUT2D eigenvalue weighted by Crippen LogP contribution is -2.14. The highest BCUT2D eigenvalue weighted by molar-refractivity contribution is 7.87. The standard InChI is InChI=1S/C24H19N3O6S/c1-16-6-9-21(10-7-16)34(31,32)33-20-5-3-4-18(14-20)13-19(15-25)24(28)26-22-11-8-17(2)12-23(22)27(29)30/h3-14H,1-2H3,(H,26,28)/b19-13+. The van der Waals surface area contributed by atoms with Crippen molar-refractivity contribution in [1.82, 2.24) is 0 Å². The number of nitrogens with one attached hydrogen (secondary N) is 1. The molecule has 0 radical (unpaired) electrons. The van der Waals surface area contributed by atoms with Crippen molar-refractivity contribution in [2.75, 3.05) is 5.32 Å². The fraction of sp³-hybridized carbons (Fsp3) is 0.0833. The Labute approximate surface area is 196 Å². The second kappa shape index (κ2) is 9.97. The van der Waals surface area contributed by atoms with Crippen molar-refractivity contribution in [1.29, 1.82) is 5.26 Å². The van der Waals surface area contributed by atoms with Crippen molar-refractivity contribution in [2.24, 2.45) is 0 Å². The second-order valence-electron chi connectivity index (χ2n) is 7.32. The van der Waals surface area contributed by atoms with E-state index in [-0.39, 0.29) is 27.6 Å². The van der Waals surface area contributed by atoms with Gasteiger partial charge in [0.15, 0.2) is 0 Å². The summed E-state index contributed by atoms with van der Waals surface area (Å²) in [4.78, 5) is 23.2. The van der Waals surface area contributed by atoms with Crippen LogP contribution in [0.2, 0.25) is 0 Å². The van der Waals surface area contributed by atoms with Crippen LogP contribution in [0.4, 0.5) is 11.4 Å².